The topological polar surface area (TPSA) is 56.1 Å². The summed E-state index contributed by atoms with van der Waals surface area (Å²) in [4.78, 5) is 16.2. The zero-order valence-electron chi connectivity index (χ0n) is 17.4. The van der Waals surface area contributed by atoms with Gasteiger partial charge < -0.3 is 9.30 Å². The molecule has 2 aromatic carbocycles. The molecule has 0 amide bonds. The van der Waals surface area contributed by atoms with Crippen LogP contribution in [0.15, 0.2) is 60.9 Å². The molecule has 0 saturated carbocycles. The minimum Gasteiger partial charge on any atom is -0.369 e. The van der Waals surface area contributed by atoms with Crippen LogP contribution in [0.25, 0.3) is 22.3 Å². The largest absolute Gasteiger partial charge is 0.369 e. The molecule has 158 valence electrons. The first-order valence-corrected chi connectivity index (χ1v) is 10.6. The van der Waals surface area contributed by atoms with E-state index < -0.39 is 0 Å². The first-order chi connectivity index (χ1) is 15.2. The third-order valence-corrected chi connectivity index (χ3v) is 5.67. The number of benzene rings is 2. The van der Waals surface area contributed by atoms with Gasteiger partial charge in [0, 0.05) is 25.2 Å². The smallest absolute Gasteiger partial charge is 0.124 e. The Bertz CT molecular complexity index is 1210. The minimum absolute atomic E-state index is 0.186. The highest BCUT2D eigenvalue weighted by Crippen LogP contribution is 2.25. The molecule has 7 heteroatoms. The molecule has 0 bridgehead atoms. The number of nitrogens with zero attached hydrogens (tertiary/aromatic N) is 5. The summed E-state index contributed by atoms with van der Waals surface area (Å²) in [5.74, 6) is 0.771. The lowest BCUT2D eigenvalue weighted by molar-refractivity contribution is -0.0360. The Morgan fingerprint density at radius 1 is 1.10 bits per heavy atom. The van der Waals surface area contributed by atoms with Crippen LogP contribution in [0.3, 0.4) is 0 Å². The van der Waals surface area contributed by atoms with Crippen molar-refractivity contribution in [3.8, 4) is 11.3 Å². The van der Waals surface area contributed by atoms with Gasteiger partial charge in [-0.25, -0.2) is 14.4 Å². The van der Waals surface area contributed by atoms with Crippen molar-refractivity contribution >= 4 is 11.0 Å². The second kappa shape index (κ2) is 8.53. The van der Waals surface area contributed by atoms with Gasteiger partial charge in [0.25, 0.3) is 0 Å². The second-order valence-corrected chi connectivity index (χ2v) is 7.70. The SMILES string of the molecule is CCn1c(CN2CCOC(c3cncc(-c4cccc(F)c4)n3)C2)nc2ccccc21. The number of para-hydroxylation sites is 2. The van der Waals surface area contributed by atoms with E-state index in [1.54, 1.807) is 18.5 Å². The molecule has 4 aromatic rings. The van der Waals surface area contributed by atoms with Gasteiger partial charge in [0.2, 0.25) is 0 Å². The van der Waals surface area contributed by atoms with Gasteiger partial charge >= 0.3 is 0 Å². The quantitative estimate of drug-likeness (QED) is 0.487. The monoisotopic (exact) mass is 417 g/mol. The summed E-state index contributed by atoms with van der Waals surface area (Å²) in [5, 5.41) is 0. The van der Waals surface area contributed by atoms with Crippen molar-refractivity contribution in [1.29, 1.82) is 0 Å². The Hall–Kier alpha value is -3.16. The Labute approximate surface area is 180 Å². The molecule has 1 saturated heterocycles. The van der Waals surface area contributed by atoms with Crippen molar-refractivity contribution < 1.29 is 9.13 Å². The van der Waals surface area contributed by atoms with Crippen LogP contribution in [-0.4, -0.2) is 44.1 Å². The molecule has 2 aromatic heterocycles. The molecule has 1 aliphatic rings. The summed E-state index contributed by atoms with van der Waals surface area (Å²) in [6, 6.07) is 14.6. The van der Waals surface area contributed by atoms with Gasteiger partial charge in [-0.3, -0.25) is 9.88 Å². The number of fused-ring (bicyclic) bond motifs is 1. The van der Waals surface area contributed by atoms with Crippen molar-refractivity contribution in [2.24, 2.45) is 0 Å². The van der Waals surface area contributed by atoms with E-state index >= 15 is 0 Å². The maximum atomic E-state index is 13.6. The first kappa shape index (κ1) is 19.8. The van der Waals surface area contributed by atoms with Crippen molar-refractivity contribution in [3.05, 3.63) is 78.3 Å². The average molecular weight is 417 g/mol. The lowest BCUT2D eigenvalue weighted by atomic mass is 10.1. The maximum Gasteiger partial charge on any atom is 0.124 e. The van der Waals surface area contributed by atoms with E-state index in [0.29, 0.717) is 24.4 Å². The molecule has 0 spiro atoms. The van der Waals surface area contributed by atoms with Crippen LogP contribution < -0.4 is 0 Å². The van der Waals surface area contributed by atoms with Gasteiger partial charge in [-0.2, -0.15) is 0 Å². The van der Waals surface area contributed by atoms with Crippen LogP contribution >= 0.6 is 0 Å². The highest BCUT2D eigenvalue weighted by atomic mass is 19.1. The fourth-order valence-electron chi connectivity index (χ4n) is 4.15. The standard InChI is InChI=1S/C24H24FN5O/c1-2-30-22-9-4-3-8-19(22)28-24(30)16-29-10-11-31-23(15-29)21-14-26-13-20(27-21)17-6-5-7-18(25)12-17/h3-9,12-14,23H,2,10-11,15-16H2,1H3. The van der Waals surface area contributed by atoms with E-state index in [9.17, 15) is 4.39 Å². The molecule has 31 heavy (non-hydrogen) atoms. The van der Waals surface area contributed by atoms with E-state index in [4.69, 9.17) is 14.7 Å². The maximum absolute atomic E-state index is 13.6. The van der Waals surface area contributed by atoms with Crippen LogP contribution in [0.5, 0.6) is 0 Å². The highest BCUT2D eigenvalue weighted by molar-refractivity contribution is 5.75. The van der Waals surface area contributed by atoms with Crippen LogP contribution in [0.2, 0.25) is 0 Å². The van der Waals surface area contributed by atoms with E-state index in [1.807, 2.05) is 12.1 Å². The number of aryl methyl sites for hydroxylation is 1. The second-order valence-electron chi connectivity index (χ2n) is 7.70. The van der Waals surface area contributed by atoms with Crippen molar-refractivity contribution in [3.63, 3.8) is 0 Å². The predicted molar refractivity (Wildman–Crippen MR) is 117 cm³/mol. The number of ether oxygens (including phenoxy) is 1. The fraction of sp³-hybridized carbons (Fsp3) is 0.292. The number of hydrogen-bond donors (Lipinski definition) is 0. The van der Waals surface area contributed by atoms with Gasteiger partial charge in [-0.15, -0.1) is 0 Å². The highest BCUT2D eigenvalue weighted by Gasteiger charge is 2.25. The molecule has 0 N–H and O–H groups in total. The number of halogens is 1. The Kier molecular flexibility index (Phi) is 5.44. The van der Waals surface area contributed by atoms with E-state index in [2.05, 4.69) is 39.6 Å². The zero-order chi connectivity index (χ0) is 21.2. The molecule has 1 fully saturated rings. The number of hydrogen-bond acceptors (Lipinski definition) is 5. The van der Waals surface area contributed by atoms with Crippen LogP contribution in [0.1, 0.15) is 24.5 Å². The third kappa shape index (κ3) is 4.06. The summed E-state index contributed by atoms with van der Waals surface area (Å²) in [6.45, 7) is 5.93. The zero-order valence-corrected chi connectivity index (χ0v) is 17.4. The first-order valence-electron chi connectivity index (χ1n) is 10.6. The molecule has 0 radical (unpaired) electrons. The molecule has 5 rings (SSSR count). The summed E-state index contributed by atoms with van der Waals surface area (Å²) in [5.41, 5.74) is 4.30. The number of aromatic nitrogens is 4. The molecule has 6 nitrogen and oxygen atoms in total. The van der Waals surface area contributed by atoms with Crippen molar-refractivity contribution in [2.45, 2.75) is 26.1 Å². The molecule has 1 atom stereocenters. The summed E-state index contributed by atoms with van der Waals surface area (Å²) in [7, 11) is 0. The van der Waals surface area contributed by atoms with Crippen LogP contribution in [-0.2, 0) is 17.8 Å². The molecule has 0 aliphatic carbocycles. The Morgan fingerprint density at radius 2 is 2.00 bits per heavy atom. The third-order valence-electron chi connectivity index (χ3n) is 5.67. The van der Waals surface area contributed by atoms with Gasteiger partial charge in [0.1, 0.15) is 17.7 Å². The molecular formula is C24H24FN5O. The van der Waals surface area contributed by atoms with Crippen molar-refractivity contribution in [1.82, 2.24) is 24.4 Å². The van der Waals surface area contributed by atoms with Gasteiger partial charge in [-0.05, 0) is 31.2 Å². The Balaban J connectivity index is 1.36. The predicted octanol–water partition coefficient (Wildman–Crippen LogP) is 4.23. The molecular weight excluding hydrogens is 393 g/mol. The van der Waals surface area contributed by atoms with E-state index in [0.717, 1.165) is 36.7 Å². The number of imidazole rings is 1. The summed E-state index contributed by atoms with van der Waals surface area (Å²) >= 11 is 0. The summed E-state index contributed by atoms with van der Waals surface area (Å²) in [6.07, 6.45) is 3.20. The van der Waals surface area contributed by atoms with Crippen LogP contribution in [0.4, 0.5) is 4.39 Å². The summed E-state index contributed by atoms with van der Waals surface area (Å²) < 4.78 is 21.9. The van der Waals surface area contributed by atoms with Gasteiger partial charge in [0.05, 0.1) is 48.0 Å². The van der Waals surface area contributed by atoms with E-state index in [1.165, 1.54) is 17.6 Å². The van der Waals surface area contributed by atoms with Gasteiger partial charge in [-0.1, -0.05) is 24.3 Å². The fourth-order valence-corrected chi connectivity index (χ4v) is 4.15. The number of rotatable bonds is 5. The normalized spacial score (nSPS) is 17.3. The van der Waals surface area contributed by atoms with Gasteiger partial charge in [0.15, 0.2) is 0 Å². The average Bonchev–Trinajstić information content (AvgIpc) is 3.16. The number of morpholine rings is 1. The Morgan fingerprint density at radius 3 is 2.87 bits per heavy atom. The lowest BCUT2D eigenvalue weighted by Gasteiger charge is -2.32. The van der Waals surface area contributed by atoms with Crippen molar-refractivity contribution in [2.75, 3.05) is 19.7 Å². The molecule has 1 unspecified atom stereocenters. The molecule has 1 aliphatic heterocycles. The van der Waals surface area contributed by atoms with E-state index in [-0.39, 0.29) is 11.9 Å². The lowest BCUT2D eigenvalue weighted by Crippen LogP contribution is -2.38. The molecule has 3 heterocycles. The minimum atomic E-state index is -0.288. The van der Waals surface area contributed by atoms with Crippen LogP contribution in [0, 0.1) is 5.82 Å².